The molecular weight excluding hydrogens is 308 g/mol. The molecule has 0 atom stereocenters. The molecule has 1 N–H and O–H groups in total. The predicted octanol–water partition coefficient (Wildman–Crippen LogP) is 2.23. The number of aromatic nitrogens is 3. The normalized spacial score (nSPS) is 10.5. The molecule has 7 heteroatoms. The maximum atomic E-state index is 12.1. The topological polar surface area (TPSA) is 82.2 Å². The van der Waals surface area contributed by atoms with Crippen molar-refractivity contribution in [2.24, 2.45) is 0 Å². The molecule has 0 unspecified atom stereocenters. The highest BCUT2D eigenvalue weighted by Crippen LogP contribution is 2.14. The van der Waals surface area contributed by atoms with Crippen molar-refractivity contribution in [2.75, 3.05) is 13.2 Å². The van der Waals surface area contributed by atoms with Gasteiger partial charge >= 0.3 is 0 Å². The van der Waals surface area contributed by atoms with Crippen molar-refractivity contribution in [3.8, 4) is 11.4 Å². The second kappa shape index (κ2) is 7.45. The lowest BCUT2D eigenvalue weighted by atomic mass is 10.3. The van der Waals surface area contributed by atoms with Gasteiger partial charge in [-0.15, -0.1) is 5.10 Å². The minimum Gasteiger partial charge on any atom is -0.494 e. The molecule has 2 aromatic heterocycles. The van der Waals surface area contributed by atoms with Crippen LogP contribution in [0.25, 0.3) is 5.69 Å². The summed E-state index contributed by atoms with van der Waals surface area (Å²) in [5, 5.41) is 10.7. The van der Waals surface area contributed by atoms with E-state index in [4.69, 9.17) is 9.15 Å². The zero-order chi connectivity index (χ0) is 16.8. The van der Waals surface area contributed by atoms with Crippen LogP contribution in [-0.2, 0) is 6.42 Å². The molecule has 0 aliphatic rings. The van der Waals surface area contributed by atoms with Gasteiger partial charge in [-0.3, -0.25) is 4.79 Å². The monoisotopic (exact) mass is 326 g/mol. The fraction of sp³-hybridized carbons (Fsp3) is 0.235. The molecule has 24 heavy (non-hydrogen) atoms. The van der Waals surface area contributed by atoms with Crippen molar-refractivity contribution in [3.05, 3.63) is 60.3 Å². The van der Waals surface area contributed by atoms with E-state index in [-0.39, 0.29) is 11.6 Å². The van der Waals surface area contributed by atoms with E-state index in [2.05, 4.69) is 15.6 Å². The van der Waals surface area contributed by atoms with Crippen LogP contribution in [-0.4, -0.2) is 34.1 Å². The van der Waals surface area contributed by atoms with Crippen LogP contribution in [0.3, 0.4) is 0 Å². The molecule has 1 aromatic carbocycles. The summed E-state index contributed by atoms with van der Waals surface area (Å²) in [5.74, 6) is 1.35. The number of carbonyl (C=O) groups is 1. The second-order valence-corrected chi connectivity index (χ2v) is 5.06. The lowest BCUT2D eigenvalue weighted by Crippen LogP contribution is -2.25. The van der Waals surface area contributed by atoms with Crippen molar-refractivity contribution >= 4 is 5.91 Å². The standard InChI is InChI=1S/C17H18N4O3/c1-2-23-15-7-5-13(6-8-15)21-12-16(19-20-21)17(22)18-10-9-14-4-3-11-24-14/h3-8,11-12H,2,9-10H2,1H3,(H,18,22). The van der Waals surface area contributed by atoms with Crippen molar-refractivity contribution in [2.45, 2.75) is 13.3 Å². The van der Waals surface area contributed by atoms with Gasteiger partial charge in [-0.1, -0.05) is 5.21 Å². The van der Waals surface area contributed by atoms with E-state index in [1.165, 1.54) is 0 Å². The first-order valence-corrected chi connectivity index (χ1v) is 7.72. The number of ether oxygens (including phenoxy) is 1. The highest BCUT2D eigenvalue weighted by Gasteiger charge is 2.11. The largest absolute Gasteiger partial charge is 0.494 e. The fourth-order valence-electron chi connectivity index (χ4n) is 2.20. The summed E-state index contributed by atoms with van der Waals surface area (Å²) in [7, 11) is 0. The zero-order valence-corrected chi connectivity index (χ0v) is 13.3. The van der Waals surface area contributed by atoms with Gasteiger partial charge in [0, 0.05) is 13.0 Å². The van der Waals surface area contributed by atoms with Crippen molar-refractivity contribution in [3.63, 3.8) is 0 Å². The minimum atomic E-state index is -0.265. The molecule has 3 aromatic rings. The summed E-state index contributed by atoms with van der Waals surface area (Å²) in [6, 6.07) is 11.1. The van der Waals surface area contributed by atoms with Crippen molar-refractivity contribution < 1.29 is 13.9 Å². The Hall–Kier alpha value is -3.09. The summed E-state index contributed by atoms with van der Waals surface area (Å²) in [4.78, 5) is 12.1. The molecule has 1 amide bonds. The number of amides is 1. The first kappa shape index (κ1) is 15.8. The van der Waals surface area contributed by atoms with Gasteiger partial charge in [0.25, 0.3) is 5.91 Å². The van der Waals surface area contributed by atoms with E-state index >= 15 is 0 Å². The lowest BCUT2D eigenvalue weighted by Gasteiger charge is -2.04. The Balaban J connectivity index is 1.58. The molecule has 7 nitrogen and oxygen atoms in total. The molecule has 0 radical (unpaired) electrons. The van der Waals surface area contributed by atoms with Gasteiger partial charge in [0.2, 0.25) is 0 Å². The van der Waals surface area contributed by atoms with Gasteiger partial charge in [-0.2, -0.15) is 0 Å². The molecule has 2 heterocycles. The third-order valence-corrected chi connectivity index (χ3v) is 3.38. The molecule has 0 saturated heterocycles. The van der Waals surface area contributed by atoms with Gasteiger partial charge in [-0.05, 0) is 43.3 Å². The number of carbonyl (C=O) groups excluding carboxylic acids is 1. The third kappa shape index (κ3) is 3.81. The number of hydrogen-bond donors (Lipinski definition) is 1. The van der Waals surface area contributed by atoms with Crippen LogP contribution < -0.4 is 10.1 Å². The third-order valence-electron chi connectivity index (χ3n) is 3.38. The number of benzene rings is 1. The minimum absolute atomic E-state index is 0.265. The Labute approximate surface area is 139 Å². The van der Waals surface area contributed by atoms with Gasteiger partial charge in [-0.25, -0.2) is 4.68 Å². The maximum Gasteiger partial charge on any atom is 0.273 e. The van der Waals surface area contributed by atoms with Crippen molar-refractivity contribution in [1.29, 1.82) is 0 Å². The average Bonchev–Trinajstić information content (AvgIpc) is 3.27. The van der Waals surface area contributed by atoms with Crippen molar-refractivity contribution in [1.82, 2.24) is 20.3 Å². The van der Waals surface area contributed by atoms with E-state index in [9.17, 15) is 4.79 Å². The van der Waals surface area contributed by atoms with Crippen LogP contribution in [0.15, 0.2) is 53.3 Å². The molecule has 0 aliphatic carbocycles. The molecule has 0 aliphatic heterocycles. The van der Waals surface area contributed by atoms with Gasteiger partial charge in [0.15, 0.2) is 5.69 Å². The quantitative estimate of drug-likeness (QED) is 0.720. The van der Waals surface area contributed by atoms with Gasteiger partial charge < -0.3 is 14.5 Å². The average molecular weight is 326 g/mol. The van der Waals surface area contributed by atoms with E-state index in [0.29, 0.717) is 19.6 Å². The Morgan fingerprint density at radius 3 is 2.83 bits per heavy atom. The van der Waals surface area contributed by atoms with Crippen LogP contribution in [0, 0.1) is 0 Å². The molecule has 0 fully saturated rings. The maximum absolute atomic E-state index is 12.1. The fourth-order valence-corrected chi connectivity index (χ4v) is 2.20. The zero-order valence-electron chi connectivity index (χ0n) is 13.3. The van der Waals surface area contributed by atoms with Gasteiger partial charge in [0.05, 0.1) is 24.8 Å². The number of rotatable bonds is 7. The van der Waals surface area contributed by atoms with Crippen LogP contribution in [0.4, 0.5) is 0 Å². The Kier molecular flexibility index (Phi) is 4.90. The van der Waals surface area contributed by atoms with Crippen LogP contribution in [0.2, 0.25) is 0 Å². The van der Waals surface area contributed by atoms with E-state index in [1.54, 1.807) is 17.1 Å². The Morgan fingerprint density at radius 1 is 1.29 bits per heavy atom. The van der Waals surface area contributed by atoms with Gasteiger partial charge in [0.1, 0.15) is 11.5 Å². The van der Waals surface area contributed by atoms with E-state index in [1.807, 2.05) is 43.3 Å². The number of nitrogens with zero attached hydrogens (tertiary/aromatic N) is 3. The number of hydrogen-bond acceptors (Lipinski definition) is 5. The summed E-state index contributed by atoms with van der Waals surface area (Å²) < 4.78 is 12.2. The number of furan rings is 1. The summed E-state index contributed by atoms with van der Waals surface area (Å²) in [6.07, 6.45) is 3.84. The predicted molar refractivity (Wildman–Crippen MR) is 87.3 cm³/mol. The second-order valence-electron chi connectivity index (χ2n) is 5.06. The molecule has 0 spiro atoms. The summed E-state index contributed by atoms with van der Waals surface area (Å²) in [5.41, 5.74) is 1.07. The molecule has 0 bridgehead atoms. The highest BCUT2D eigenvalue weighted by atomic mass is 16.5. The number of nitrogens with one attached hydrogen (secondary N) is 1. The summed E-state index contributed by atoms with van der Waals surface area (Å²) >= 11 is 0. The SMILES string of the molecule is CCOc1ccc(-n2cc(C(=O)NCCc3ccco3)nn2)cc1. The Morgan fingerprint density at radius 2 is 2.12 bits per heavy atom. The van der Waals surface area contributed by atoms with Crippen LogP contribution >= 0.6 is 0 Å². The van der Waals surface area contributed by atoms with E-state index in [0.717, 1.165) is 17.2 Å². The first-order valence-electron chi connectivity index (χ1n) is 7.72. The van der Waals surface area contributed by atoms with Crippen LogP contribution in [0.5, 0.6) is 5.75 Å². The molecule has 3 rings (SSSR count). The molecule has 0 saturated carbocycles. The molecular formula is C17H18N4O3. The highest BCUT2D eigenvalue weighted by molar-refractivity contribution is 5.91. The van der Waals surface area contributed by atoms with E-state index < -0.39 is 0 Å². The lowest BCUT2D eigenvalue weighted by molar-refractivity contribution is 0.0948. The van der Waals surface area contributed by atoms with Crippen LogP contribution in [0.1, 0.15) is 23.2 Å². The summed E-state index contributed by atoms with van der Waals surface area (Å²) in [6.45, 7) is 3.02. The smallest absolute Gasteiger partial charge is 0.273 e. The first-order chi connectivity index (χ1) is 11.8. The Bertz CT molecular complexity index is 779. The molecule has 124 valence electrons.